The third-order valence-corrected chi connectivity index (χ3v) is 5.09. The minimum atomic E-state index is 0.303. The molecule has 2 heterocycles. The maximum absolute atomic E-state index is 6.23. The number of benzene rings is 2. The lowest BCUT2D eigenvalue weighted by Gasteiger charge is -2.18. The van der Waals surface area contributed by atoms with E-state index in [4.69, 9.17) is 10.5 Å². The molecule has 6 heteroatoms. The van der Waals surface area contributed by atoms with Crippen molar-refractivity contribution >= 4 is 11.6 Å². The van der Waals surface area contributed by atoms with E-state index in [-0.39, 0.29) is 0 Å². The first-order chi connectivity index (χ1) is 14.7. The molecular formula is C24H25N5O. The van der Waals surface area contributed by atoms with Crippen LogP contribution in [0.15, 0.2) is 60.9 Å². The molecule has 4 rings (SSSR count). The lowest BCUT2D eigenvalue weighted by molar-refractivity contribution is 0.379. The molecule has 1 aliphatic heterocycles. The molecule has 3 N–H and O–H groups in total. The number of nitrogens with two attached hydrogens (primary N) is 1. The maximum atomic E-state index is 6.23. The van der Waals surface area contributed by atoms with Crippen LogP contribution in [0.25, 0.3) is 11.1 Å². The lowest BCUT2D eigenvalue weighted by Crippen LogP contribution is -2.27. The van der Waals surface area contributed by atoms with Crippen LogP contribution in [0.3, 0.4) is 0 Å². The molecule has 0 unspecified atom stereocenters. The summed E-state index contributed by atoms with van der Waals surface area (Å²) < 4.78 is 5.89. The van der Waals surface area contributed by atoms with Gasteiger partial charge in [-0.3, -0.25) is 4.90 Å². The summed E-state index contributed by atoms with van der Waals surface area (Å²) in [5, 5.41) is 3.56. The van der Waals surface area contributed by atoms with Gasteiger partial charge in [0.05, 0.1) is 12.1 Å². The van der Waals surface area contributed by atoms with E-state index in [0.717, 1.165) is 54.5 Å². The Bertz CT molecular complexity index is 1040. The van der Waals surface area contributed by atoms with Crippen LogP contribution in [0.4, 0.5) is 11.6 Å². The Labute approximate surface area is 177 Å². The fourth-order valence-corrected chi connectivity index (χ4v) is 3.59. The molecule has 1 atom stereocenters. The van der Waals surface area contributed by atoms with Gasteiger partial charge in [0.25, 0.3) is 0 Å². The molecule has 0 bridgehead atoms. The second kappa shape index (κ2) is 9.29. The fraction of sp³-hybridized carbons (Fsp3) is 0.250. The van der Waals surface area contributed by atoms with Gasteiger partial charge in [0, 0.05) is 19.1 Å². The van der Waals surface area contributed by atoms with E-state index in [1.54, 1.807) is 0 Å². The molecule has 1 saturated heterocycles. The normalized spacial score (nSPS) is 16.0. The van der Waals surface area contributed by atoms with Gasteiger partial charge in [0.1, 0.15) is 29.5 Å². The van der Waals surface area contributed by atoms with Crippen LogP contribution in [0.1, 0.15) is 13.3 Å². The van der Waals surface area contributed by atoms with Crippen molar-refractivity contribution in [3.63, 3.8) is 0 Å². The number of nitrogen functional groups attached to an aromatic ring is 1. The first-order valence-corrected chi connectivity index (χ1v) is 10.0. The number of nitrogens with zero attached hydrogens (tertiary/aromatic N) is 3. The number of hydrogen-bond donors (Lipinski definition) is 2. The van der Waals surface area contributed by atoms with Crippen molar-refractivity contribution < 1.29 is 4.74 Å². The van der Waals surface area contributed by atoms with Crippen molar-refractivity contribution in [2.45, 2.75) is 19.4 Å². The van der Waals surface area contributed by atoms with E-state index >= 15 is 0 Å². The zero-order chi connectivity index (χ0) is 20.8. The van der Waals surface area contributed by atoms with Gasteiger partial charge < -0.3 is 15.8 Å². The van der Waals surface area contributed by atoms with E-state index < -0.39 is 0 Å². The first-order valence-electron chi connectivity index (χ1n) is 10.0. The predicted molar refractivity (Wildman–Crippen MR) is 120 cm³/mol. The molecule has 152 valence electrons. The third kappa shape index (κ3) is 4.70. The van der Waals surface area contributed by atoms with Crippen molar-refractivity contribution in [1.29, 1.82) is 0 Å². The van der Waals surface area contributed by atoms with Crippen molar-refractivity contribution in [2.75, 3.05) is 30.7 Å². The Balaban J connectivity index is 1.51. The zero-order valence-corrected chi connectivity index (χ0v) is 17.0. The Morgan fingerprint density at radius 3 is 2.63 bits per heavy atom. The molecule has 2 aromatic carbocycles. The summed E-state index contributed by atoms with van der Waals surface area (Å²) in [6.45, 7) is 4.63. The summed E-state index contributed by atoms with van der Waals surface area (Å²) in [6, 6.07) is 17.8. The predicted octanol–water partition coefficient (Wildman–Crippen LogP) is 4.03. The molecule has 30 heavy (non-hydrogen) atoms. The highest BCUT2D eigenvalue weighted by Crippen LogP contribution is 2.33. The quantitative estimate of drug-likeness (QED) is 0.610. The van der Waals surface area contributed by atoms with Crippen LogP contribution in [-0.4, -0.2) is 40.5 Å². The van der Waals surface area contributed by atoms with E-state index in [2.05, 4.69) is 32.0 Å². The fourth-order valence-electron chi connectivity index (χ4n) is 3.59. The highest BCUT2D eigenvalue weighted by Gasteiger charge is 2.23. The number of hydrogen-bond acceptors (Lipinski definition) is 6. The minimum Gasteiger partial charge on any atom is -0.457 e. The molecule has 1 fully saturated rings. The molecule has 0 amide bonds. The van der Waals surface area contributed by atoms with Crippen LogP contribution in [0.2, 0.25) is 0 Å². The van der Waals surface area contributed by atoms with Crippen molar-refractivity contribution in [3.05, 3.63) is 60.9 Å². The molecule has 0 spiro atoms. The van der Waals surface area contributed by atoms with Gasteiger partial charge in [-0.2, -0.15) is 0 Å². The topological polar surface area (TPSA) is 76.3 Å². The average Bonchev–Trinajstić information content (AvgIpc) is 3.21. The number of anilines is 2. The van der Waals surface area contributed by atoms with Gasteiger partial charge in [-0.1, -0.05) is 36.3 Å². The number of ether oxygens (including phenoxy) is 1. The highest BCUT2D eigenvalue weighted by molar-refractivity contribution is 5.83. The van der Waals surface area contributed by atoms with Crippen LogP contribution >= 0.6 is 0 Å². The number of aromatic nitrogens is 2. The first kappa shape index (κ1) is 19.7. The standard InChI is InChI=1S/C24H25N5O/c1-2-3-14-29-15-13-19(16-29)28-24-22(23(25)26-17-27-24)18-9-11-21(12-10-18)30-20-7-5-4-6-8-20/h4-12,17,19H,13-16H2,1H3,(H3,25,26,27,28)/t19-/m1/s1. The number of para-hydroxylation sites is 1. The van der Waals surface area contributed by atoms with Gasteiger partial charge in [0.2, 0.25) is 0 Å². The molecule has 0 radical (unpaired) electrons. The SMILES string of the molecule is CC#CCN1CC[C@@H](Nc2ncnc(N)c2-c2ccc(Oc3ccccc3)cc2)C1. The van der Waals surface area contributed by atoms with Gasteiger partial charge in [-0.15, -0.1) is 5.92 Å². The van der Waals surface area contributed by atoms with Crippen molar-refractivity contribution in [2.24, 2.45) is 0 Å². The maximum Gasteiger partial charge on any atom is 0.139 e. The van der Waals surface area contributed by atoms with Crippen LogP contribution < -0.4 is 15.8 Å². The minimum absolute atomic E-state index is 0.303. The van der Waals surface area contributed by atoms with Crippen molar-refractivity contribution in [1.82, 2.24) is 14.9 Å². The monoisotopic (exact) mass is 399 g/mol. The molecule has 3 aromatic rings. The lowest BCUT2D eigenvalue weighted by atomic mass is 10.1. The largest absolute Gasteiger partial charge is 0.457 e. The number of nitrogens with one attached hydrogen (secondary N) is 1. The second-order valence-electron chi connectivity index (χ2n) is 7.21. The molecule has 6 nitrogen and oxygen atoms in total. The highest BCUT2D eigenvalue weighted by atomic mass is 16.5. The van der Waals surface area contributed by atoms with Crippen LogP contribution in [0.5, 0.6) is 11.5 Å². The van der Waals surface area contributed by atoms with Gasteiger partial charge in [-0.05, 0) is 43.2 Å². The van der Waals surface area contributed by atoms with E-state index in [0.29, 0.717) is 11.9 Å². The number of rotatable bonds is 6. The Morgan fingerprint density at radius 2 is 1.87 bits per heavy atom. The Kier molecular flexibility index (Phi) is 6.11. The van der Waals surface area contributed by atoms with Gasteiger partial charge in [0.15, 0.2) is 0 Å². The molecule has 1 aromatic heterocycles. The van der Waals surface area contributed by atoms with Crippen LogP contribution in [0, 0.1) is 11.8 Å². The van der Waals surface area contributed by atoms with E-state index in [1.807, 2.05) is 61.5 Å². The smallest absolute Gasteiger partial charge is 0.139 e. The average molecular weight is 399 g/mol. The third-order valence-electron chi connectivity index (χ3n) is 5.09. The summed E-state index contributed by atoms with van der Waals surface area (Å²) in [5.41, 5.74) is 7.99. The van der Waals surface area contributed by atoms with E-state index in [1.165, 1.54) is 6.33 Å². The van der Waals surface area contributed by atoms with Crippen molar-refractivity contribution in [3.8, 4) is 34.5 Å². The van der Waals surface area contributed by atoms with Gasteiger partial charge in [-0.25, -0.2) is 9.97 Å². The van der Waals surface area contributed by atoms with Crippen LogP contribution in [-0.2, 0) is 0 Å². The number of likely N-dealkylation sites (tertiary alicyclic amines) is 1. The summed E-state index contributed by atoms with van der Waals surface area (Å²) in [7, 11) is 0. The summed E-state index contributed by atoms with van der Waals surface area (Å²) >= 11 is 0. The zero-order valence-electron chi connectivity index (χ0n) is 17.0. The Morgan fingerprint density at radius 1 is 1.10 bits per heavy atom. The summed E-state index contributed by atoms with van der Waals surface area (Å²) in [5.74, 6) is 8.87. The van der Waals surface area contributed by atoms with E-state index in [9.17, 15) is 0 Å². The summed E-state index contributed by atoms with van der Waals surface area (Å²) in [4.78, 5) is 11.0. The second-order valence-corrected chi connectivity index (χ2v) is 7.21. The summed E-state index contributed by atoms with van der Waals surface area (Å²) in [6.07, 6.45) is 2.54. The Hall–Kier alpha value is -3.56. The molecule has 1 aliphatic rings. The molecule has 0 saturated carbocycles. The molecule has 0 aliphatic carbocycles. The van der Waals surface area contributed by atoms with Gasteiger partial charge >= 0.3 is 0 Å². The molecular weight excluding hydrogens is 374 g/mol.